The minimum absolute atomic E-state index is 0.602. The Morgan fingerprint density at radius 3 is 1.58 bits per heavy atom. The van der Waals surface area contributed by atoms with Crippen LogP contribution in [-0.2, 0) is 0 Å². The smallest absolute Gasteiger partial charge is 0.213 e. The third kappa shape index (κ3) is 3.68. The Balaban J connectivity index is 1.85. The molecule has 3 rings (SSSR count). The molecule has 3 aromatic rings. The Hall–Kier alpha value is -2.95. The molecule has 0 aromatic carbocycles. The number of hydrogen-bond acceptors (Lipinski definition) is 5. The zero-order chi connectivity index (χ0) is 16.8. The minimum atomic E-state index is 0.602. The van der Waals surface area contributed by atoms with Crippen molar-refractivity contribution in [1.29, 1.82) is 0 Å². The van der Waals surface area contributed by atoms with Gasteiger partial charge in [-0.3, -0.25) is 0 Å². The number of rotatable bonds is 6. The standard InChI is InChI=1S/C19H19N3O2/c1-3-23-18-10-8-14(12-20-18)16-6-5-7-17(22-16)15-9-11-19(21-13-15)24-4-2/h5-13H,3-4H2,1-2H3. The van der Waals surface area contributed by atoms with Gasteiger partial charge in [0.1, 0.15) is 0 Å². The van der Waals surface area contributed by atoms with Crippen molar-refractivity contribution < 1.29 is 9.47 Å². The van der Waals surface area contributed by atoms with Gasteiger partial charge in [0.25, 0.3) is 0 Å². The van der Waals surface area contributed by atoms with Crippen LogP contribution in [0.5, 0.6) is 11.8 Å². The maximum Gasteiger partial charge on any atom is 0.213 e. The molecule has 0 aliphatic carbocycles. The van der Waals surface area contributed by atoms with Crippen molar-refractivity contribution in [2.75, 3.05) is 13.2 Å². The van der Waals surface area contributed by atoms with Gasteiger partial charge in [0, 0.05) is 35.7 Å². The van der Waals surface area contributed by atoms with Crippen molar-refractivity contribution in [2.24, 2.45) is 0 Å². The first-order chi connectivity index (χ1) is 11.8. The van der Waals surface area contributed by atoms with E-state index in [-0.39, 0.29) is 0 Å². The van der Waals surface area contributed by atoms with Gasteiger partial charge < -0.3 is 9.47 Å². The van der Waals surface area contributed by atoms with E-state index >= 15 is 0 Å². The van der Waals surface area contributed by atoms with E-state index in [4.69, 9.17) is 14.5 Å². The Bertz CT molecular complexity index is 722. The van der Waals surface area contributed by atoms with E-state index in [1.807, 2.05) is 56.3 Å². The molecule has 0 spiro atoms. The normalized spacial score (nSPS) is 10.4. The summed E-state index contributed by atoms with van der Waals surface area (Å²) in [5, 5.41) is 0. The fourth-order valence-corrected chi connectivity index (χ4v) is 2.29. The van der Waals surface area contributed by atoms with Crippen LogP contribution < -0.4 is 9.47 Å². The van der Waals surface area contributed by atoms with Crippen molar-refractivity contribution in [3.63, 3.8) is 0 Å². The first-order valence-electron chi connectivity index (χ1n) is 7.95. The molecule has 0 bridgehead atoms. The van der Waals surface area contributed by atoms with E-state index in [1.165, 1.54) is 0 Å². The molecule has 24 heavy (non-hydrogen) atoms. The summed E-state index contributed by atoms with van der Waals surface area (Å²) in [5.74, 6) is 1.24. The molecule has 122 valence electrons. The van der Waals surface area contributed by atoms with Crippen LogP contribution in [0.25, 0.3) is 22.5 Å². The number of pyridine rings is 3. The number of hydrogen-bond donors (Lipinski definition) is 0. The van der Waals surface area contributed by atoms with Gasteiger partial charge in [-0.15, -0.1) is 0 Å². The summed E-state index contributed by atoms with van der Waals surface area (Å²) in [7, 11) is 0. The predicted octanol–water partition coefficient (Wildman–Crippen LogP) is 4.00. The van der Waals surface area contributed by atoms with Gasteiger partial charge in [0.2, 0.25) is 11.8 Å². The van der Waals surface area contributed by atoms with Crippen LogP contribution >= 0.6 is 0 Å². The van der Waals surface area contributed by atoms with Crippen molar-refractivity contribution in [2.45, 2.75) is 13.8 Å². The molecule has 0 N–H and O–H groups in total. The lowest BCUT2D eigenvalue weighted by atomic mass is 10.1. The van der Waals surface area contributed by atoms with Gasteiger partial charge in [-0.2, -0.15) is 0 Å². The van der Waals surface area contributed by atoms with Gasteiger partial charge in [0.15, 0.2) is 0 Å². The van der Waals surface area contributed by atoms with Crippen LogP contribution in [0.2, 0.25) is 0 Å². The third-order valence-corrected chi connectivity index (χ3v) is 3.40. The van der Waals surface area contributed by atoms with E-state index in [0.29, 0.717) is 25.0 Å². The van der Waals surface area contributed by atoms with Crippen molar-refractivity contribution >= 4 is 0 Å². The maximum absolute atomic E-state index is 5.37. The Morgan fingerprint density at radius 2 is 1.21 bits per heavy atom. The zero-order valence-electron chi connectivity index (χ0n) is 13.8. The van der Waals surface area contributed by atoms with Crippen LogP contribution in [0.1, 0.15) is 13.8 Å². The molecule has 0 saturated carbocycles. The van der Waals surface area contributed by atoms with Gasteiger partial charge in [-0.05, 0) is 38.1 Å². The van der Waals surface area contributed by atoms with E-state index in [0.717, 1.165) is 22.5 Å². The largest absolute Gasteiger partial charge is 0.478 e. The van der Waals surface area contributed by atoms with Crippen LogP contribution in [0.3, 0.4) is 0 Å². The fraction of sp³-hybridized carbons (Fsp3) is 0.211. The van der Waals surface area contributed by atoms with Crippen LogP contribution in [0.4, 0.5) is 0 Å². The lowest BCUT2D eigenvalue weighted by molar-refractivity contribution is 0.327. The molecule has 5 heteroatoms. The molecule has 3 heterocycles. The second-order valence-electron chi connectivity index (χ2n) is 5.04. The molecule has 0 aliphatic heterocycles. The molecule has 0 radical (unpaired) electrons. The van der Waals surface area contributed by atoms with E-state index in [1.54, 1.807) is 12.4 Å². The molecular formula is C19H19N3O2. The summed E-state index contributed by atoms with van der Waals surface area (Å²) in [6.45, 7) is 5.08. The number of nitrogens with zero attached hydrogens (tertiary/aromatic N) is 3. The highest BCUT2D eigenvalue weighted by atomic mass is 16.5. The summed E-state index contributed by atoms with van der Waals surface area (Å²) >= 11 is 0. The summed E-state index contributed by atoms with van der Waals surface area (Å²) in [6, 6.07) is 13.5. The monoisotopic (exact) mass is 321 g/mol. The number of aromatic nitrogens is 3. The molecule has 0 aliphatic rings. The molecule has 3 aromatic heterocycles. The van der Waals surface area contributed by atoms with E-state index < -0.39 is 0 Å². The summed E-state index contributed by atoms with van der Waals surface area (Å²) in [5.41, 5.74) is 3.60. The first-order valence-corrected chi connectivity index (χ1v) is 7.95. The molecule has 0 fully saturated rings. The van der Waals surface area contributed by atoms with Crippen LogP contribution in [0.15, 0.2) is 54.9 Å². The Kier molecular flexibility index (Phi) is 5.01. The molecule has 5 nitrogen and oxygen atoms in total. The first kappa shape index (κ1) is 15.9. The fourth-order valence-electron chi connectivity index (χ4n) is 2.29. The maximum atomic E-state index is 5.37. The topological polar surface area (TPSA) is 57.1 Å². The summed E-state index contributed by atoms with van der Waals surface area (Å²) < 4.78 is 10.7. The molecule has 0 amide bonds. The van der Waals surface area contributed by atoms with Gasteiger partial charge in [0.05, 0.1) is 24.6 Å². The SMILES string of the molecule is CCOc1ccc(-c2cccc(-c3ccc(OCC)nc3)n2)cn1. The van der Waals surface area contributed by atoms with Crippen LogP contribution in [0, 0.1) is 0 Å². The average molecular weight is 321 g/mol. The zero-order valence-corrected chi connectivity index (χ0v) is 13.8. The highest BCUT2D eigenvalue weighted by Crippen LogP contribution is 2.23. The quantitative estimate of drug-likeness (QED) is 0.687. The molecular weight excluding hydrogens is 302 g/mol. The second-order valence-corrected chi connectivity index (χ2v) is 5.04. The minimum Gasteiger partial charge on any atom is -0.478 e. The van der Waals surface area contributed by atoms with Crippen molar-refractivity contribution in [3.8, 4) is 34.3 Å². The lowest BCUT2D eigenvalue weighted by Crippen LogP contribution is -1.95. The molecule has 0 atom stereocenters. The lowest BCUT2D eigenvalue weighted by Gasteiger charge is -2.07. The highest BCUT2D eigenvalue weighted by Gasteiger charge is 2.05. The average Bonchev–Trinajstić information content (AvgIpc) is 2.64. The Morgan fingerprint density at radius 1 is 0.708 bits per heavy atom. The number of ether oxygens (including phenoxy) is 2. The van der Waals surface area contributed by atoms with Crippen molar-refractivity contribution in [1.82, 2.24) is 15.0 Å². The van der Waals surface area contributed by atoms with Gasteiger partial charge in [-0.1, -0.05) is 6.07 Å². The second kappa shape index (κ2) is 7.55. The van der Waals surface area contributed by atoms with Crippen LogP contribution in [-0.4, -0.2) is 28.2 Å². The van der Waals surface area contributed by atoms with E-state index in [2.05, 4.69) is 9.97 Å². The third-order valence-electron chi connectivity index (χ3n) is 3.40. The predicted molar refractivity (Wildman–Crippen MR) is 93.0 cm³/mol. The van der Waals surface area contributed by atoms with Gasteiger partial charge >= 0.3 is 0 Å². The van der Waals surface area contributed by atoms with Crippen molar-refractivity contribution in [3.05, 3.63) is 54.9 Å². The molecule has 0 saturated heterocycles. The Labute approximate surface area is 141 Å². The molecule has 0 unspecified atom stereocenters. The highest BCUT2D eigenvalue weighted by molar-refractivity contribution is 5.65. The summed E-state index contributed by atoms with van der Waals surface area (Å²) in [6.07, 6.45) is 3.54. The van der Waals surface area contributed by atoms with E-state index in [9.17, 15) is 0 Å². The van der Waals surface area contributed by atoms with Gasteiger partial charge in [-0.25, -0.2) is 15.0 Å². The summed E-state index contributed by atoms with van der Waals surface area (Å²) in [4.78, 5) is 13.3.